The second-order valence-electron chi connectivity index (χ2n) is 4.18. The van der Waals surface area contributed by atoms with Crippen LogP contribution < -0.4 is 4.72 Å². The Kier molecular flexibility index (Phi) is 3.63. The normalized spacial score (nSPS) is 11.3. The van der Waals surface area contributed by atoms with E-state index in [4.69, 9.17) is 5.11 Å². The number of anilines is 1. The van der Waals surface area contributed by atoms with Gasteiger partial charge in [-0.05, 0) is 42.8 Å². The second-order valence-corrected chi connectivity index (χ2v) is 5.86. The number of nitrogens with one attached hydrogen (secondary N) is 1. The monoisotopic (exact) mass is 299 g/mol. The molecule has 20 heavy (non-hydrogen) atoms. The van der Waals surface area contributed by atoms with E-state index in [2.05, 4.69) is 0 Å². The number of aryl methyl sites for hydroxylation is 1. The zero-order valence-corrected chi connectivity index (χ0v) is 11.2. The van der Waals surface area contributed by atoms with Crippen molar-refractivity contribution in [3.05, 3.63) is 53.6 Å². The largest absolute Gasteiger partial charge is 0.508 e. The zero-order chi connectivity index (χ0) is 14.9. The molecule has 0 heterocycles. The molecule has 0 saturated carbocycles. The number of benzene rings is 2. The summed E-state index contributed by atoms with van der Waals surface area (Å²) in [6.07, 6.45) is 0. The second kappa shape index (κ2) is 5.09. The Hall–Kier alpha value is -2.15. The number of hydrogen-bond donors (Lipinski definition) is 2. The quantitative estimate of drug-likeness (QED) is 0.916. The number of phenolic OH excluding ortho intramolecular Hbond substituents is 1. The summed E-state index contributed by atoms with van der Waals surface area (Å²) in [5.41, 5.74) is -0.392. The molecule has 0 radical (unpaired) electrons. The summed E-state index contributed by atoms with van der Waals surface area (Å²) in [6, 6.07) is 6.36. The molecule has 0 unspecified atom stereocenters. The first-order valence-electron chi connectivity index (χ1n) is 5.57. The number of phenols is 1. The number of hydrogen-bond acceptors (Lipinski definition) is 3. The van der Waals surface area contributed by atoms with Gasteiger partial charge in [0.15, 0.2) is 0 Å². The van der Waals surface area contributed by atoms with Crippen molar-refractivity contribution in [1.29, 1.82) is 0 Å². The molecule has 0 aromatic heterocycles. The first-order valence-corrected chi connectivity index (χ1v) is 7.05. The highest BCUT2D eigenvalue weighted by molar-refractivity contribution is 7.92. The van der Waals surface area contributed by atoms with Gasteiger partial charge >= 0.3 is 0 Å². The lowest BCUT2D eigenvalue weighted by Crippen LogP contribution is -2.14. The topological polar surface area (TPSA) is 66.4 Å². The number of rotatable bonds is 3. The van der Waals surface area contributed by atoms with E-state index >= 15 is 0 Å². The number of halogens is 2. The van der Waals surface area contributed by atoms with E-state index in [1.54, 1.807) is 0 Å². The van der Waals surface area contributed by atoms with Crippen LogP contribution >= 0.6 is 0 Å². The van der Waals surface area contributed by atoms with Gasteiger partial charge in [0.05, 0.1) is 10.6 Å². The van der Waals surface area contributed by atoms with Crippen LogP contribution in [0.25, 0.3) is 0 Å². The molecule has 2 rings (SSSR count). The maximum atomic E-state index is 13.6. The highest BCUT2D eigenvalue weighted by Crippen LogP contribution is 2.23. The van der Waals surface area contributed by atoms with Crippen molar-refractivity contribution < 1.29 is 22.3 Å². The van der Waals surface area contributed by atoms with Crippen molar-refractivity contribution in [2.75, 3.05) is 4.72 Å². The molecule has 0 aliphatic carbocycles. The average molecular weight is 299 g/mol. The Morgan fingerprint density at radius 1 is 1.05 bits per heavy atom. The van der Waals surface area contributed by atoms with E-state index in [-0.39, 0.29) is 16.2 Å². The van der Waals surface area contributed by atoms with Gasteiger partial charge in [-0.2, -0.15) is 0 Å². The minimum atomic E-state index is -4.05. The van der Waals surface area contributed by atoms with E-state index in [9.17, 15) is 17.2 Å². The summed E-state index contributed by atoms with van der Waals surface area (Å²) in [6.45, 7) is 1.37. The van der Waals surface area contributed by atoms with Crippen LogP contribution in [0.5, 0.6) is 5.75 Å². The van der Waals surface area contributed by atoms with E-state index in [0.29, 0.717) is 0 Å². The van der Waals surface area contributed by atoms with Crippen molar-refractivity contribution in [2.24, 2.45) is 0 Å². The van der Waals surface area contributed by atoms with Gasteiger partial charge in [0.1, 0.15) is 17.4 Å². The summed E-state index contributed by atoms with van der Waals surface area (Å²) in [4.78, 5) is -0.171. The molecule has 106 valence electrons. The van der Waals surface area contributed by atoms with E-state index in [0.717, 1.165) is 24.3 Å². The molecule has 7 heteroatoms. The van der Waals surface area contributed by atoms with Gasteiger partial charge in [0.25, 0.3) is 10.0 Å². The summed E-state index contributed by atoms with van der Waals surface area (Å²) in [5.74, 6) is -1.68. The molecule has 0 fully saturated rings. The van der Waals surface area contributed by atoms with Crippen LogP contribution in [0.2, 0.25) is 0 Å². The molecule has 4 nitrogen and oxygen atoms in total. The standard InChI is InChI=1S/C13H11F2NO3S/c1-8-6-12(15)13(7-11(8)14)16-20(18,19)10-4-2-9(17)3-5-10/h2-7,16-17H,1H3. The SMILES string of the molecule is Cc1cc(F)c(NS(=O)(=O)c2ccc(O)cc2)cc1F. The molecule has 0 saturated heterocycles. The fourth-order valence-corrected chi connectivity index (χ4v) is 2.61. The highest BCUT2D eigenvalue weighted by Gasteiger charge is 2.17. The van der Waals surface area contributed by atoms with Crippen molar-refractivity contribution in [2.45, 2.75) is 11.8 Å². The molecule has 0 aliphatic heterocycles. The predicted molar refractivity (Wildman–Crippen MR) is 70.0 cm³/mol. The molecule has 2 N–H and O–H groups in total. The van der Waals surface area contributed by atoms with Crippen LogP contribution in [0.15, 0.2) is 41.3 Å². The first-order chi connectivity index (χ1) is 9.29. The molecule has 0 atom stereocenters. The number of aromatic hydroxyl groups is 1. The van der Waals surface area contributed by atoms with E-state index < -0.39 is 27.3 Å². The smallest absolute Gasteiger partial charge is 0.261 e. The molecular weight excluding hydrogens is 288 g/mol. The van der Waals surface area contributed by atoms with Crippen LogP contribution in [-0.4, -0.2) is 13.5 Å². The van der Waals surface area contributed by atoms with Gasteiger partial charge in [-0.3, -0.25) is 4.72 Å². The van der Waals surface area contributed by atoms with Crippen molar-refractivity contribution in [3.8, 4) is 5.75 Å². The fraction of sp³-hybridized carbons (Fsp3) is 0.0769. The third-order valence-electron chi connectivity index (χ3n) is 2.64. The highest BCUT2D eigenvalue weighted by atomic mass is 32.2. The van der Waals surface area contributed by atoms with E-state index in [1.165, 1.54) is 19.1 Å². The lowest BCUT2D eigenvalue weighted by atomic mass is 10.2. The summed E-state index contributed by atoms with van der Waals surface area (Å²) in [5, 5.41) is 9.10. The van der Waals surface area contributed by atoms with Crippen molar-refractivity contribution >= 4 is 15.7 Å². The molecule has 0 bridgehead atoms. The van der Waals surface area contributed by atoms with Crippen LogP contribution in [0.4, 0.5) is 14.5 Å². The van der Waals surface area contributed by atoms with Crippen LogP contribution in [-0.2, 0) is 10.0 Å². The third kappa shape index (κ3) is 2.88. The fourth-order valence-electron chi connectivity index (χ4n) is 1.55. The van der Waals surface area contributed by atoms with E-state index in [1.807, 2.05) is 4.72 Å². The molecule has 0 amide bonds. The Morgan fingerprint density at radius 3 is 2.25 bits per heavy atom. The minimum absolute atomic E-state index is 0.0788. The Bertz CT molecular complexity index is 743. The Balaban J connectivity index is 2.38. The molecule has 0 spiro atoms. The average Bonchev–Trinajstić information content (AvgIpc) is 2.36. The summed E-state index contributed by atoms with van der Waals surface area (Å²) in [7, 11) is -4.05. The maximum absolute atomic E-state index is 13.6. The Labute approximate surface area is 114 Å². The van der Waals surface area contributed by atoms with Gasteiger partial charge in [-0.25, -0.2) is 17.2 Å². The zero-order valence-electron chi connectivity index (χ0n) is 10.4. The van der Waals surface area contributed by atoms with Crippen LogP contribution in [0, 0.1) is 18.6 Å². The third-order valence-corrected chi connectivity index (χ3v) is 4.02. The number of sulfonamides is 1. The summed E-state index contributed by atoms with van der Waals surface area (Å²) < 4.78 is 52.9. The van der Waals surface area contributed by atoms with Crippen LogP contribution in [0.3, 0.4) is 0 Å². The molecule has 2 aromatic rings. The Morgan fingerprint density at radius 2 is 1.65 bits per heavy atom. The van der Waals surface area contributed by atoms with Crippen molar-refractivity contribution in [1.82, 2.24) is 0 Å². The predicted octanol–water partition coefficient (Wildman–Crippen LogP) is 2.78. The van der Waals surface area contributed by atoms with Gasteiger partial charge in [-0.1, -0.05) is 0 Å². The minimum Gasteiger partial charge on any atom is -0.508 e. The van der Waals surface area contributed by atoms with Gasteiger partial charge in [0.2, 0.25) is 0 Å². The molecule has 0 aliphatic rings. The molecular formula is C13H11F2NO3S. The van der Waals surface area contributed by atoms with Crippen LogP contribution in [0.1, 0.15) is 5.56 Å². The molecule has 2 aromatic carbocycles. The van der Waals surface area contributed by atoms with Gasteiger partial charge < -0.3 is 5.11 Å². The van der Waals surface area contributed by atoms with Gasteiger partial charge in [0, 0.05) is 6.07 Å². The summed E-state index contributed by atoms with van der Waals surface area (Å²) >= 11 is 0. The lowest BCUT2D eigenvalue weighted by Gasteiger charge is -2.10. The van der Waals surface area contributed by atoms with Gasteiger partial charge in [-0.15, -0.1) is 0 Å². The maximum Gasteiger partial charge on any atom is 0.261 e. The lowest BCUT2D eigenvalue weighted by molar-refractivity contribution is 0.475. The first kappa shape index (κ1) is 14.3. The van der Waals surface area contributed by atoms with Crippen molar-refractivity contribution in [3.63, 3.8) is 0 Å².